The number of fused-ring (bicyclic) bond motifs is 1. The molecule has 24 heavy (non-hydrogen) atoms. The third-order valence-corrected chi connectivity index (χ3v) is 4.25. The summed E-state index contributed by atoms with van der Waals surface area (Å²) in [5.41, 5.74) is 4.47. The molecule has 1 aromatic heterocycles. The molecular weight excluding hydrogens is 298 g/mol. The van der Waals surface area contributed by atoms with Crippen LogP contribution in [0.25, 0.3) is 10.9 Å². The zero-order valence-electron chi connectivity index (χ0n) is 13.9. The summed E-state index contributed by atoms with van der Waals surface area (Å²) in [5.74, 6) is -0.0479. The van der Waals surface area contributed by atoms with E-state index in [0.717, 1.165) is 25.9 Å². The number of amides is 1. The average molecular weight is 321 g/mol. The van der Waals surface area contributed by atoms with Crippen molar-refractivity contribution in [3.8, 4) is 0 Å². The molecule has 0 unspecified atom stereocenters. The van der Waals surface area contributed by atoms with Gasteiger partial charge in [-0.25, -0.2) is 0 Å². The smallest absolute Gasteiger partial charge is 0.251 e. The number of hydrogen-bond acceptors (Lipinski definition) is 2. The molecule has 4 nitrogen and oxygen atoms in total. The number of aromatic nitrogens is 1. The summed E-state index contributed by atoms with van der Waals surface area (Å²) >= 11 is 0. The highest BCUT2D eigenvalue weighted by molar-refractivity contribution is 5.93. The monoisotopic (exact) mass is 321 g/mol. The molecule has 0 atom stereocenters. The maximum Gasteiger partial charge on any atom is 0.251 e. The number of benzene rings is 2. The van der Waals surface area contributed by atoms with Gasteiger partial charge < -0.3 is 15.6 Å². The quantitative estimate of drug-likeness (QED) is 0.585. The Hall–Kier alpha value is -2.59. The number of H-pyrrole nitrogens is 1. The number of para-hydroxylation sites is 1. The number of aromatic amines is 1. The topological polar surface area (TPSA) is 56.9 Å². The van der Waals surface area contributed by atoms with Gasteiger partial charge in [-0.2, -0.15) is 0 Å². The number of aryl methyl sites for hydroxylation is 1. The zero-order valence-corrected chi connectivity index (χ0v) is 13.9. The Balaban J connectivity index is 1.43. The van der Waals surface area contributed by atoms with E-state index in [-0.39, 0.29) is 5.91 Å². The Morgan fingerprint density at radius 2 is 1.88 bits per heavy atom. The van der Waals surface area contributed by atoms with Gasteiger partial charge in [0.15, 0.2) is 0 Å². The summed E-state index contributed by atoms with van der Waals surface area (Å²) in [6.07, 6.45) is 4.27. The molecule has 0 bridgehead atoms. The van der Waals surface area contributed by atoms with E-state index >= 15 is 0 Å². The number of nitrogens with one attached hydrogen (secondary N) is 3. The van der Waals surface area contributed by atoms with Crippen LogP contribution in [0, 0.1) is 0 Å². The maximum absolute atomic E-state index is 11.5. The van der Waals surface area contributed by atoms with Crippen LogP contribution in [-0.4, -0.2) is 24.5 Å². The van der Waals surface area contributed by atoms with Crippen LogP contribution in [0.5, 0.6) is 0 Å². The molecule has 0 aliphatic heterocycles. The van der Waals surface area contributed by atoms with Crippen LogP contribution in [0.4, 0.5) is 0 Å². The van der Waals surface area contributed by atoms with Crippen LogP contribution in [0.1, 0.15) is 27.9 Å². The summed E-state index contributed by atoms with van der Waals surface area (Å²) in [6, 6.07) is 16.1. The summed E-state index contributed by atoms with van der Waals surface area (Å²) in [5, 5.41) is 7.42. The lowest BCUT2D eigenvalue weighted by Gasteiger charge is -2.06. The fourth-order valence-electron chi connectivity index (χ4n) is 2.89. The molecule has 0 aliphatic carbocycles. The van der Waals surface area contributed by atoms with Gasteiger partial charge in [-0.15, -0.1) is 0 Å². The van der Waals surface area contributed by atoms with Gasteiger partial charge in [0.05, 0.1) is 0 Å². The molecule has 0 aliphatic rings. The summed E-state index contributed by atoms with van der Waals surface area (Å²) in [4.78, 5) is 14.8. The molecule has 3 aromatic rings. The number of rotatable bonds is 7. The van der Waals surface area contributed by atoms with Gasteiger partial charge in [-0.3, -0.25) is 4.79 Å². The van der Waals surface area contributed by atoms with Crippen molar-refractivity contribution in [1.29, 1.82) is 0 Å². The first kappa shape index (κ1) is 16.3. The van der Waals surface area contributed by atoms with Gasteiger partial charge in [-0.05, 0) is 48.7 Å². The first-order chi connectivity index (χ1) is 11.8. The molecule has 0 fully saturated rings. The van der Waals surface area contributed by atoms with E-state index in [1.54, 1.807) is 7.05 Å². The molecule has 0 radical (unpaired) electrons. The lowest BCUT2D eigenvalue weighted by atomic mass is 10.1. The van der Waals surface area contributed by atoms with Crippen molar-refractivity contribution in [1.82, 2.24) is 15.6 Å². The standard InChI is InChI=1S/C20H23N3O/c1-21-20(24)16-10-8-15(9-11-16)13-22-12-4-5-17-14-23-19-7-3-2-6-18(17)19/h2-3,6-11,14,22-23H,4-5,12-13H2,1H3,(H,21,24). The highest BCUT2D eigenvalue weighted by Crippen LogP contribution is 2.18. The van der Waals surface area contributed by atoms with E-state index in [1.807, 2.05) is 24.3 Å². The maximum atomic E-state index is 11.5. The molecule has 124 valence electrons. The highest BCUT2D eigenvalue weighted by Gasteiger charge is 2.03. The molecule has 4 heteroatoms. The minimum atomic E-state index is -0.0479. The second-order valence-electron chi connectivity index (χ2n) is 5.92. The first-order valence-corrected chi connectivity index (χ1v) is 8.34. The third kappa shape index (κ3) is 3.84. The molecule has 1 amide bonds. The predicted octanol–water partition coefficient (Wildman–Crippen LogP) is 3.25. The van der Waals surface area contributed by atoms with Gasteiger partial charge >= 0.3 is 0 Å². The van der Waals surface area contributed by atoms with Crippen molar-refractivity contribution in [2.45, 2.75) is 19.4 Å². The molecule has 2 aromatic carbocycles. The number of hydrogen-bond donors (Lipinski definition) is 3. The predicted molar refractivity (Wildman–Crippen MR) is 98.2 cm³/mol. The van der Waals surface area contributed by atoms with Crippen LogP contribution in [0.3, 0.4) is 0 Å². The fourth-order valence-corrected chi connectivity index (χ4v) is 2.89. The molecule has 1 heterocycles. The minimum Gasteiger partial charge on any atom is -0.361 e. The first-order valence-electron chi connectivity index (χ1n) is 8.34. The molecule has 0 saturated heterocycles. The summed E-state index contributed by atoms with van der Waals surface area (Å²) in [7, 11) is 1.64. The minimum absolute atomic E-state index is 0.0479. The van der Waals surface area contributed by atoms with Crippen LogP contribution in [0.2, 0.25) is 0 Å². The Bertz CT molecular complexity index is 805. The van der Waals surface area contributed by atoms with E-state index in [9.17, 15) is 4.79 Å². The van der Waals surface area contributed by atoms with Gasteiger partial charge in [0.25, 0.3) is 5.91 Å². The average Bonchev–Trinajstić information content (AvgIpc) is 3.04. The Morgan fingerprint density at radius 1 is 1.08 bits per heavy atom. The highest BCUT2D eigenvalue weighted by atomic mass is 16.1. The van der Waals surface area contributed by atoms with Crippen molar-refractivity contribution < 1.29 is 4.79 Å². The van der Waals surface area contributed by atoms with Crippen molar-refractivity contribution in [3.63, 3.8) is 0 Å². The van der Waals surface area contributed by atoms with Crippen molar-refractivity contribution in [2.75, 3.05) is 13.6 Å². The second kappa shape index (κ2) is 7.79. The second-order valence-corrected chi connectivity index (χ2v) is 5.92. The Morgan fingerprint density at radius 3 is 2.67 bits per heavy atom. The van der Waals surface area contributed by atoms with E-state index < -0.39 is 0 Å². The SMILES string of the molecule is CNC(=O)c1ccc(CNCCCc2c[nH]c3ccccc23)cc1. The Kier molecular flexibility index (Phi) is 5.29. The molecule has 3 rings (SSSR count). The third-order valence-electron chi connectivity index (χ3n) is 4.25. The normalized spacial score (nSPS) is 10.9. The molecule has 0 saturated carbocycles. The Labute approximate surface area is 142 Å². The van der Waals surface area contributed by atoms with E-state index in [4.69, 9.17) is 0 Å². The van der Waals surface area contributed by atoms with Crippen LogP contribution < -0.4 is 10.6 Å². The van der Waals surface area contributed by atoms with Crippen LogP contribution >= 0.6 is 0 Å². The summed E-state index contributed by atoms with van der Waals surface area (Å²) < 4.78 is 0. The fraction of sp³-hybridized carbons (Fsp3) is 0.250. The van der Waals surface area contributed by atoms with E-state index in [1.165, 1.54) is 22.0 Å². The van der Waals surface area contributed by atoms with Crippen molar-refractivity contribution in [3.05, 3.63) is 71.4 Å². The van der Waals surface area contributed by atoms with E-state index in [2.05, 4.69) is 46.1 Å². The largest absolute Gasteiger partial charge is 0.361 e. The molecular formula is C20H23N3O. The van der Waals surface area contributed by atoms with Crippen molar-refractivity contribution >= 4 is 16.8 Å². The van der Waals surface area contributed by atoms with E-state index in [0.29, 0.717) is 5.56 Å². The van der Waals surface area contributed by atoms with Crippen LogP contribution in [0.15, 0.2) is 54.7 Å². The number of carbonyl (C=O) groups is 1. The lowest BCUT2D eigenvalue weighted by Crippen LogP contribution is -2.18. The van der Waals surface area contributed by atoms with Gasteiger partial charge in [0, 0.05) is 36.3 Å². The molecule has 0 spiro atoms. The van der Waals surface area contributed by atoms with Crippen molar-refractivity contribution in [2.24, 2.45) is 0 Å². The van der Waals surface area contributed by atoms with Gasteiger partial charge in [0.1, 0.15) is 0 Å². The lowest BCUT2D eigenvalue weighted by molar-refractivity contribution is 0.0963. The number of carbonyl (C=O) groups excluding carboxylic acids is 1. The zero-order chi connectivity index (χ0) is 16.8. The summed E-state index contributed by atoms with van der Waals surface area (Å²) in [6.45, 7) is 1.79. The van der Waals surface area contributed by atoms with Gasteiger partial charge in [-0.1, -0.05) is 30.3 Å². The van der Waals surface area contributed by atoms with Crippen LogP contribution in [-0.2, 0) is 13.0 Å². The molecule has 3 N–H and O–H groups in total. The van der Waals surface area contributed by atoms with Gasteiger partial charge in [0.2, 0.25) is 0 Å².